The summed E-state index contributed by atoms with van der Waals surface area (Å²) in [6.07, 6.45) is 6.23. The molecule has 0 heterocycles. The van der Waals surface area contributed by atoms with Crippen molar-refractivity contribution < 1.29 is 0 Å². The minimum atomic E-state index is 0.453. The Morgan fingerprint density at radius 1 is 1.44 bits per heavy atom. The zero-order chi connectivity index (χ0) is 11.6. The molecule has 0 saturated heterocycles. The van der Waals surface area contributed by atoms with Crippen LogP contribution in [0.1, 0.15) is 24.8 Å². The van der Waals surface area contributed by atoms with E-state index in [1.807, 2.05) is 23.9 Å². The van der Waals surface area contributed by atoms with Crippen LogP contribution in [0.5, 0.6) is 0 Å². The maximum Gasteiger partial charge on any atom is 0.0604 e. The van der Waals surface area contributed by atoms with Crippen LogP contribution in [0.3, 0.4) is 0 Å². The summed E-state index contributed by atoms with van der Waals surface area (Å²) in [6.45, 7) is 3.13. The van der Waals surface area contributed by atoms with Gasteiger partial charge in [0.2, 0.25) is 0 Å². The molecule has 0 spiro atoms. The van der Waals surface area contributed by atoms with Gasteiger partial charge < -0.3 is 11.1 Å². The minimum absolute atomic E-state index is 0.453. The largest absolute Gasteiger partial charge is 0.397 e. The van der Waals surface area contributed by atoms with E-state index in [4.69, 9.17) is 5.73 Å². The van der Waals surface area contributed by atoms with Crippen LogP contribution in [0.25, 0.3) is 0 Å². The Labute approximate surface area is 102 Å². The van der Waals surface area contributed by atoms with Crippen LogP contribution < -0.4 is 11.1 Å². The van der Waals surface area contributed by atoms with Crippen molar-refractivity contribution >= 4 is 23.1 Å². The van der Waals surface area contributed by atoms with Crippen molar-refractivity contribution in [1.82, 2.24) is 0 Å². The standard InChI is InChI=1S/C13H20N2S/c1-10-5-3-6-11(14)12(10)15-9-13(16-2)7-4-8-13/h3,5-6,15H,4,7-9,14H2,1-2H3. The highest BCUT2D eigenvalue weighted by Gasteiger charge is 2.35. The van der Waals surface area contributed by atoms with Crippen molar-refractivity contribution in [2.24, 2.45) is 0 Å². The highest BCUT2D eigenvalue weighted by atomic mass is 32.2. The van der Waals surface area contributed by atoms with Crippen molar-refractivity contribution in [3.63, 3.8) is 0 Å². The number of hydrogen-bond donors (Lipinski definition) is 2. The van der Waals surface area contributed by atoms with Gasteiger partial charge in [0.15, 0.2) is 0 Å². The summed E-state index contributed by atoms with van der Waals surface area (Å²) in [4.78, 5) is 0. The molecule has 3 N–H and O–H groups in total. The van der Waals surface area contributed by atoms with Gasteiger partial charge in [-0.15, -0.1) is 0 Å². The first-order chi connectivity index (χ1) is 7.67. The molecular weight excluding hydrogens is 216 g/mol. The van der Waals surface area contributed by atoms with Gasteiger partial charge in [0.05, 0.1) is 11.4 Å². The molecule has 88 valence electrons. The number of benzene rings is 1. The predicted octanol–water partition coefficient (Wildman–Crippen LogP) is 3.27. The lowest BCUT2D eigenvalue weighted by atomic mass is 9.84. The van der Waals surface area contributed by atoms with Crippen LogP contribution in [0.4, 0.5) is 11.4 Å². The molecule has 0 amide bonds. The van der Waals surface area contributed by atoms with Crippen molar-refractivity contribution in [2.45, 2.75) is 30.9 Å². The van der Waals surface area contributed by atoms with Gasteiger partial charge in [-0.3, -0.25) is 0 Å². The van der Waals surface area contributed by atoms with E-state index in [-0.39, 0.29) is 0 Å². The fraction of sp³-hybridized carbons (Fsp3) is 0.538. The van der Waals surface area contributed by atoms with Gasteiger partial charge in [0.25, 0.3) is 0 Å². The Hall–Kier alpha value is -0.830. The number of nitrogens with two attached hydrogens (primary N) is 1. The fourth-order valence-electron chi connectivity index (χ4n) is 2.21. The van der Waals surface area contributed by atoms with E-state index in [0.29, 0.717) is 4.75 Å². The molecule has 1 aliphatic carbocycles. The molecule has 0 radical (unpaired) electrons. The van der Waals surface area contributed by atoms with Crippen LogP contribution in [0.15, 0.2) is 18.2 Å². The average molecular weight is 236 g/mol. The highest BCUT2D eigenvalue weighted by molar-refractivity contribution is 8.00. The van der Waals surface area contributed by atoms with Gasteiger partial charge in [-0.05, 0) is 37.7 Å². The molecule has 1 fully saturated rings. The maximum absolute atomic E-state index is 5.98. The molecule has 0 aromatic heterocycles. The lowest BCUT2D eigenvalue weighted by molar-refractivity contribution is 0.380. The zero-order valence-electron chi connectivity index (χ0n) is 10.0. The summed E-state index contributed by atoms with van der Waals surface area (Å²) in [6, 6.07) is 6.07. The Bertz CT molecular complexity index is 346. The topological polar surface area (TPSA) is 38.0 Å². The molecule has 0 unspecified atom stereocenters. The van der Waals surface area contributed by atoms with Crippen molar-refractivity contribution in [2.75, 3.05) is 23.9 Å². The molecule has 0 atom stereocenters. The van der Waals surface area contributed by atoms with E-state index in [2.05, 4.69) is 24.6 Å². The first kappa shape index (κ1) is 11.6. The number of anilines is 2. The minimum Gasteiger partial charge on any atom is -0.397 e. The summed E-state index contributed by atoms with van der Waals surface area (Å²) in [5.41, 5.74) is 9.19. The van der Waals surface area contributed by atoms with Gasteiger partial charge in [-0.2, -0.15) is 11.8 Å². The Kier molecular flexibility index (Phi) is 3.33. The third-order valence-electron chi connectivity index (χ3n) is 3.59. The van der Waals surface area contributed by atoms with Crippen LogP contribution in [0, 0.1) is 6.92 Å². The molecule has 2 rings (SSSR count). The second kappa shape index (κ2) is 4.58. The second-order valence-corrected chi connectivity index (χ2v) is 5.91. The van der Waals surface area contributed by atoms with E-state index in [9.17, 15) is 0 Å². The van der Waals surface area contributed by atoms with Gasteiger partial charge in [-0.25, -0.2) is 0 Å². The van der Waals surface area contributed by atoms with E-state index in [1.54, 1.807) is 0 Å². The fourth-order valence-corrected chi connectivity index (χ4v) is 3.12. The average Bonchev–Trinajstić information content (AvgIpc) is 2.20. The highest BCUT2D eigenvalue weighted by Crippen LogP contribution is 2.43. The second-order valence-electron chi connectivity index (χ2n) is 4.63. The van der Waals surface area contributed by atoms with Crippen molar-refractivity contribution in [1.29, 1.82) is 0 Å². The summed E-state index contributed by atoms with van der Waals surface area (Å²) in [7, 11) is 0. The number of thioether (sulfide) groups is 1. The number of nitrogen functional groups attached to an aromatic ring is 1. The molecule has 0 aliphatic heterocycles. The van der Waals surface area contributed by atoms with Crippen molar-refractivity contribution in [3.8, 4) is 0 Å². The van der Waals surface area contributed by atoms with Gasteiger partial charge in [0, 0.05) is 11.3 Å². The number of hydrogen-bond acceptors (Lipinski definition) is 3. The first-order valence-electron chi connectivity index (χ1n) is 5.81. The van der Waals surface area contributed by atoms with Crippen LogP contribution >= 0.6 is 11.8 Å². The Balaban J connectivity index is 2.04. The third kappa shape index (κ3) is 2.14. The Morgan fingerprint density at radius 3 is 2.69 bits per heavy atom. The van der Waals surface area contributed by atoms with Gasteiger partial charge >= 0.3 is 0 Å². The predicted molar refractivity (Wildman–Crippen MR) is 74.2 cm³/mol. The molecule has 1 aliphatic rings. The molecule has 3 heteroatoms. The van der Waals surface area contributed by atoms with E-state index >= 15 is 0 Å². The summed E-state index contributed by atoms with van der Waals surface area (Å²) in [5.74, 6) is 0. The Morgan fingerprint density at radius 2 is 2.19 bits per heavy atom. The molecule has 1 saturated carbocycles. The lowest BCUT2D eigenvalue weighted by Gasteiger charge is -2.41. The summed E-state index contributed by atoms with van der Waals surface area (Å²) >= 11 is 1.99. The molecule has 1 aromatic carbocycles. The smallest absolute Gasteiger partial charge is 0.0604 e. The molecule has 1 aromatic rings. The number of rotatable bonds is 4. The summed E-state index contributed by atoms with van der Waals surface area (Å²) in [5, 5.41) is 3.53. The van der Waals surface area contributed by atoms with E-state index < -0.39 is 0 Å². The van der Waals surface area contributed by atoms with Gasteiger partial charge in [-0.1, -0.05) is 18.6 Å². The van der Waals surface area contributed by atoms with E-state index in [0.717, 1.165) is 17.9 Å². The van der Waals surface area contributed by atoms with Crippen molar-refractivity contribution in [3.05, 3.63) is 23.8 Å². The van der Waals surface area contributed by atoms with Crippen LogP contribution in [0.2, 0.25) is 0 Å². The normalized spacial score (nSPS) is 17.9. The first-order valence-corrected chi connectivity index (χ1v) is 7.03. The van der Waals surface area contributed by atoms with Crippen LogP contribution in [-0.4, -0.2) is 17.5 Å². The van der Waals surface area contributed by atoms with Gasteiger partial charge in [0.1, 0.15) is 0 Å². The molecule has 16 heavy (non-hydrogen) atoms. The summed E-state index contributed by atoms with van der Waals surface area (Å²) < 4.78 is 0.453. The van der Waals surface area contributed by atoms with Crippen LogP contribution in [-0.2, 0) is 0 Å². The van der Waals surface area contributed by atoms with E-state index in [1.165, 1.54) is 24.8 Å². The monoisotopic (exact) mass is 236 g/mol. The number of nitrogens with one attached hydrogen (secondary N) is 1. The quantitative estimate of drug-likeness (QED) is 0.788. The molecule has 0 bridgehead atoms. The molecule has 2 nitrogen and oxygen atoms in total. The molecular formula is C13H20N2S. The number of para-hydroxylation sites is 1. The maximum atomic E-state index is 5.98. The zero-order valence-corrected chi connectivity index (χ0v) is 10.9. The third-order valence-corrected chi connectivity index (χ3v) is 5.01. The lowest BCUT2D eigenvalue weighted by Crippen LogP contribution is -2.40. The SMILES string of the molecule is CSC1(CNc2c(C)cccc2N)CCC1. The number of aryl methyl sites for hydroxylation is 1.